The molecule has 2 aromatic rings. The van der Waals surface area contributed by atoms with Gasteiger partial charge in [0.15, 0.2) is 0 Å². The first kappa shape index (κ1) is 19.7. The lowest BCUT2D eigenvalue weighted by molar-refractivity contribution is 0.354. The van der Waals surface area contributed by atoms with Crippen LogP contribution in [0.15, 0.2) is 59.2 Å². The van der Waals surface area contributed by atoms with Crippen molar-refractivity contribution in [2.75, 3.05) is 0 Å². The molecule has 0 amide bonds. The fourth-order valence-corrected chi connectivity index (χ4v) is 3.86. The van der Waals surface area contributed by atoms with Gasteiger partial charge in [-0.1, -0.05) is 55.8 Å². The third-order valence-electron chi connectivity index (χ3n) is 4.77. The van der Waals surface area contributed by atoms with Gasteiger partial charge in [0.25, 0.3) is 0 Å². The highest BCUT2D eigenvalue weighted by atomic mass is 35.5. The van der Waals surface area contributed by atoms with Crippen molar-refractivity contribution in [3.05, 3.63) is 75.6 Å². The maximum absolute atomic E-state index is 9.22. The highest BCUT2D eigenvalue weighted by Crippen LogP contribution is 2.39. The molecule has 1 heterocycles. The summed E-state index contributed by atoms with van der Waals surface area (Å²) >= 11 is 6.60. The fraction of sp³-hybridized carbons (Fsp3) is 0.261. The van der Waals surface area contributed by atoms with Gasteiger partial charge in [-0.25, -0.2) is 4.68 Å². The van der Waals surface area contributed by atoms with Gasteiger partial charge in [0.2, 0.25) is 0 Å². The van der Waals surface area contributed by atoms with Gasteiger partial charge in [-0.15, -0.1) is 0 Å². The number of rotatable bonds is 3. The predicted molar refractivity (Wildman–Crippen MR) is 112 cm³/mol. The number of hydrogen-bond acceptors (Lipinski definition) is 3. The highest BCUT2D eigenvalue weighted by Gasteiger charge is 2.26. The van der Waals surface area contributed by atoms with Gasteiger partial charge in [0.05, 0.1) is 11.4 Å². The summed E-state index contributed by atoms with van der Waals surface area (Å²) in [5.41, 5.74) is 4.64. The van der Waals surface area contributed by atoms with E-state index in [1.165, 1.54) is 0 Å². The Kier molecular flexibility index (Phi) is 5.54. The lowest BCUT2D eigenvalue weighted by atomic mass is 9.74. The van der Waals surface area contributed by atoms with E-state index in [1.54, 1.807) is 4.68 Å². The number of para-hydroxylation sites is 1. The molecule has 5 heteroatoms. The van der Waals surface area contributed by atoms with E-state index < -0.39 is 0 Å². The normalized spacial score (nSPS) is 15.8. The van der Waals surface area contributed by atoms with Crippen LogP contribution in [0.1, 0.15) is 37.9 Å². The lowest BCUT2D eigenvalue weighted by Gasteiger charge is -2.30. The number of aryl methyl sites for hydroxylation is 1. The SMILES string of the molecule is Cc1nn(-c2ccccc2)c(Cl)c1/C=C/C1=CC(=C(C#N)C#N)CC(C)(C)C1. The topological polar surface area (TPSA) is 65.4 Å². The molecular weight excluding hydrogens is 368 g/mol. The Morgan fingerprint density at radius 2 is 1.82 bits per heavy atom. The van der Waals surface area contributed by atoms with Crippen LogP contribution in [-0.2, 0) is 0 Å². The third kappa shape index (κ3) is 4.09. The molecule has 0 unspecified atom stereocenters. The minimum absolute atomic E-state index is 0.0181. The molecule has 0 radical (unpaired) electrons. The zero-order valence-corrected chi connectivity index (χ0v) is 17.0. The molecular formula is C23H21ClN4. The first-order valence-electron chi connectivity index (χ1n) is 9.07. The van der Waals surface area contributed by atoms with Crippen LogP contribution in [0, 0.1) is 35.0 Å². The van der Waals surface area contributed by atoms with E-state index in [0.29, 0.717) is 11.6 Å². The molecule has 1 aromatic heterocycles. The van der Waals surface area contributed by atoms with Crippen molar-refractivity contribution in [3.63, 3.8) is 0 Å². The summed E-state index contributed by atoms with van der Waals surface area (Å²) in [6.07, 6.45) is 7.51. The second-order valence-corrected chi connectivity index (χ2v) is 8.09. The average molecular weight is 389 g/mol. The van der Waals surface area contributed by atoms with Crippen LogP contribution in [0.25, 0.3) is 11.8 Å². The molecule has 0 atom stereocenters. The van der Waals surface area contributed by atoms with Gasteiger partial charge in [-0.2, -0.15) is 15.6 Å². The minimum atomic E-state index is -0.0181. The molecule has 0 aliphatic heterocycles. The van der Waals surface area contributed by atoms with Crippen molar-refractivity contribution in [2.45, 2.75) is 33.6 Å². The molecule has 140 valence electrons. The van der Waals surface area contributed by atoms with Gasteiger partial charge in [-0.05, 0) is 54.5 Å². The molecule has 0 saturated carbocycles. The van der Waals surface area contributed by atoms with Crippen molar-refractivity contribution in [1.29, 1.82) is 10.5 Å². The molecule has 1 aromatic carbocycles. The van der Waals surface area contributed by atoms with E-state index in [-0.39, 0.29) is 11.0 Å². The second-order valence-electron chi connectivity index (χ2n) is 7.73. The monoisotopic (exact) mass is 388 g/mol. The van der Waals surface area contributed by atoms with E-state index >= 15 is 0 Å². The van der Waals surface area contributed by atoms with Crippen LogP contribution in [0.3, 0.4) is 0 Å². The first-order chi connectivity index (χ1) is 13.3. The molecule has 3 rings (SSSR count). The van der Waals surface area contributed by atoms with Gasteiger partial charge >= 0.3 is 0 Å². The van der Waals surface area contributed by atoms with Crippen LogP contribution in [0.4, 0.5) is 0 Å². The molecule has 4 nitrogen and oxygen atoms in total. The molecule has 0 saturated heterocycles. The Morgan fingerprint density at radius 1 is 1.14 bits per heavy atom. The number of nitrogens with zero attached hydrogens (tertiary/aromatic N) is 4. The van der Waals surface area contributed by atoms with Crippen LogP contribution < -0.4 is 0 Å². The number of halogens is 1. The lowest BCUT2D eigenvalue weighted by Crippen LogP contribution is -2.17. The molecule has 0 N–H and O–H groups in total. The smallest absolute Gasteiger partial charge is 0.140 e. The first-order valence-corrected chi connectivity index (χ1v) is 9.45. The quantitative estimate of drug-likeness (QED) is 0.611. The van der Waals surface area contributed by atoms with Gasteiger partial charge in [0, 0.05) is 5.56 Å². The summed E-state index contributed by atoms with van der Waals surface area (Å²) in [5, 5.41) is 23.6. The molecule has 0 spiro atoms. The largest absolute Gasteiger partial charge is 0.221 e. The Balaban J connectivity index is 1.98. The summed E-state index contributed by atoms with van der Waals surface area (Å²) in [6.45, 7) is 6.22. The summed E-state index contributed by atoms with van der Waals surface area (Å²) < 4.78 is 1.73. The van der Waals surface area contributed by atoms with Gasteiger partial charge in [0.1, 0.15) is 22.9 Å². The molecule has 1 aliphatic carbocycles. The molecule has 28 heavy (non-hydrogen) atoms. The predicted octanol–water partition coefficient (Wildman–Crippen LogP) is 5.94. The minimum Gasteiger partial charge on any atom is -0.221 e. The highest BCUT2D eigenvalue weighted by molar-refractivity contribution is 6.31. The maximum Gasteiger partial charge on any atom is 0.140 e. The van der Waals surface area contributed by atoms with Crippen molar-refractivity contribution >= 4 is 17.7 Å². The summed E-state index contributed by atoms with van der Waals surface area (Å²) in [6, 6.07) is 13.8. The van der Waals surface area contributed by atoms with Gasteiger partial charge in [-0.3, -0.25) is 0 Å². The number of allylic oxidation sites excluding steroid dienone is 5. The fourth-order valence-electron chi connectivity index (χ4n) is 3.52. The number of hydrogen-bond donors (Lipinski definition) is 0. The van der Waals surface area contributed by atoms with Crippen molar-refractivity contribution in [2.24, 2.45) is 5.41 Å². The Morgan fingerprint density at radius 3 is 2.46 bits per heavy atom. The zero-order chi connectivity index (χ0) is 20.3. The van der Waals surface area contributed by atoms with Crippen LogP contribution in [0.5, 0.6) is 0 Å². The van der Waals surface area contributed by atoms with Crippen molar-refractivity contribution in [3.8, 4) is 17.8 Å². The number of nitriles is 2. The number of benzene rings is 1. The maximum atomic E-state index is 9.22. The van der Waals surface area contributed by atoms with Crippen molar-refractivity contribution < 1.29 is 0 Å². The summed E-state index contributed by atoms with van der Waals surface area (Å²) in [7, 11) is 0. The average Bonchev–Trinajstić information content (AvgIpc) is 2.94. The molecule has 0 fully saturated rings. The van der Waals surface area contributed by atoms with Crippen LogP contribution in [0.2, 0.25) is 5.15 Å². The Hall–Kier alpha value is -3.08. The van der Waals surface area contributed by atoms with Gasteiger partial charge < -0.3 is 0 Å². The summed E-state index contributed by atoms with van der Waals surface area (Å²) in [5.74, 6) is 0. The summed E-state index contributed by atoms with van der Waals surface area (Å²) in [4.78, 5) is 0. The molecule has 0 bridgehead atoms. The van der Waals surface area contributed by atoms with E-state index in [2.05, 4.69) is 18.9 Å². The molecule has 1 aliphatic rings. The third-order valence-corrected chi connectivity index (χ3v) is 5.13. The second kappa shape index (κ2) is 7.89. The van der Waals surface area contributed by atoms with E-state index in [1.807, 2.05) is 67.6 Å². The zero-order valence-electron chi connectivity index (χ0n) is 16.2. The van der Waals surface area contributed by atoms with E-state index in [4.69, 9.17) is 11.6 Å². The number of aromatic nitrogens is 2. The van der Waals surface area contributed by atoms with Crippen molar-refractivity contribution in [1.82, 2.24) is 9.78 Å². The standard InChI is InChI=1S/C23H21ClN4/c1-16-21(22(24)28(27-16)20-7-5-4-6-8-20)10-9-17-11-18(19(14-25)15-26)13-23(2,3)12-17/h4-11H,12-13H2,1-3H3/b10-9+. The van der Waals surface area contributed by atoms with Crippen LogP contribution in [-0.4, -0.2) is 9.78 Å². The Labute approximate surface area is 170 Å². The van der Waals surface area contributed by atoms with Crippen LogP contribution >= 0.6 is 11.6 Å². The van der Waals surface area contributed by atoms with E-state index in [0.717, 1.165) is 34.5 Å². The van der Waals surface area contributed by atoms with E-state index in [9.17, 15) is 10.5 Å². The Bertz CT molecular complexity index is 1050.